The topological polar surface area (TPSA) is 0 Å². The predicted molar refractivity (Wildman–Crippen MR) is 72.3 cm³/mol. The fourth-order valence-electron chi connectivity index (χ4n) is 2.23. The molecule has 0 radical (unpaired) electrons. The fourth-order valence-corrected chi connectivity index (χ4v) is 2.23. The highest BCUT2D eigenvalue weighted by Gasteiger charge is 2.20. The number of benzene rings is 2. The molecule has 2 aromatic carbocycles. The van der Waals surface area contributed by atoms with Crippen LogP contribution in [0, 0.1) is 11.6 Å². The number of quaternary nitrogens is 1. The molecule has 0 heterocycles. The highest BCUT2D eigenvalue weighted by atomic mass is 19.1. The van der Waals surface area contributed by atoms with Gasteiger partial charge in [-0.2, -0.15) is 0 Å². The minimum Gasteiger partial charge on any atom is -0.321 e. The van der Waals surface area contributed by atoms with E-state index >= 15 is 0 Å². The standard InChI is InChI=1S/C16H18F2N/c1-19(2,11-13-7-3-5-9-15(13)17)12-14-8-4-6-10-16(14)18/h3-10H,11-12H2,1-2H3/q+1. The van der Waals surface area contributed by atoms with Crippen LogP contribution < -0.4 is 0 Å². The van der Waals surface area contributed by atoms with Crippen molar-refractivity contribution < 1.29 is 13.3 Å². The molecule has 2 aromatic rings. The van der Waals surface area contributed by atoms with Gasteiger partial charge in [-0.25, -0.2) is 8.78 Å². The van der Waals surface area contributed by atoms with Gasteiger partial charge < -0.3 is 4.48 Å². The van der Waals surface area contributed by atoms with Gasteiger partial charge in [0.1, 0.15) is 24.7 Å². The lowest BCUT2D eigenvalue weighted by molar-refractivity contribution is -0.917. The Balaban J connectivity index is 2.15. The number of nitrogens with zero attached hydrogens (tertiary/aromatic N) is 1. The second-order valence-corrected chi connectivity index (χ2v) is 5.43. The Kier molecular flexibility index (Phi) is 3.96. The molecule has 19 heavy (non-hydrogen) atoms. The van der Waals surface area contributed by atoms with E-state index in [0.717, 1.165) is 0 Å². The van der Waals surface area contributed by atoms with E-state index in [1.165, 1.54) is 12.1 Å². The summed E-state index contributed by atoms with van der Waals surface area (Å²) in [6, 6.07) is 13.5. The number of hydrogen-bond donors (Lipinski definition) is 0. The van der Waals surface area contributed by atoms with Crippen molar-refractivity contribution in [1.82, 2.24) is 0 Å². The van der Waals surface area contributed by atoms with Gasteiger partial charge in [0.05, 0.1) is 14.1 Å². The van der Waals surface area contributed by atoms with Crippen molar-refractivity contribution in [3.05, 3.63) is 71.3 Å². The quantitative estimate of drug-likeness (QED) is 0.736. The molecule has 0 amide bonds. The van der Waals surface area contributed by atoms with E-state index in [9.17, 15) is 8.78 Å². The van der Waals surface area contributed by atoms with Crippen LogP contribution in [0.15, 0.2) is 48.5 Å². The van der Waals surface area contributed by atoms with Crippen LogP contribution in [0.2, 0.25) is 0 Å². The number of rotatable bonds is 4. The largest absolute Gasteiger partial charge is 0.321 e. The molecule has 1 nitrogen and oxygen atoms in total. The molecule has 0 N–H and O–H groups in total. The molecule has 0 saturated carbocycles. The first kappa shape index (κ1) is 13.7. The lowest BCUT2D eigenvalue weighted by Crippen LogP contribution is -2.38. The molecular formula is C16H18F2N+. The van der Waals surface area contributed by atoms with E-state index < -0.39 is 0 Å². The summed E-state index contributed by atoms with van der Waals surface area (Å²) in [7, 11) is 3.94. The zero-order valence-corrected chi connectivity index (χ0v) is 11.2. The lowest BCUT2D eigenvalue weighted by atomic mass is 10.1. The SMILES string of the molecule is C[N+](C)(Cc1ccccc1F)Cc1ccccc1F. The first-order valence-electron chi connectivity index (χ1n) is 6.27. The molecule has 0 unspecified atom stereocenters. The maximum Gasteiger partial charge on any atom is 0.132 e. The summed E-state index contributed by atoms with van der Waals surface area (Å²) < 4.78 is 27.8. The molecular weight excluding hydrogens is 244 g/mol. The number of halogens is 2. The summed E-state index contributed by atoms with van der Waals surface area (Å²) in [5.74, 6) is -0.413. The minimum absolute atomic E-state index is 0.206. The van der Waals surface area contributed by atoms with Gasteiger partial charge in [-0.05, 0) is 12.1 Å². The first-order chi connectivity index (χ1) is 8.98. The summed E-state index contributed by atoms with van der Waals surface area (Å²) in [6.45, 7) is 1.06. The van der Waals surface area contributed by atoms with Crippen LogP contribution in [0.5, 0.6) is 0 Å². The van der Waals surface area contributed by atoms with E-state index in [4.69, 9.17) is 0 Å². The maximum atomic E-state index is 13.7. The Hall–Kier alpha value is -1.74. The average molecular weight is 262 g/mol. The van der Waals surface area contributed by atoms with Crippen LogP contribution in [-0.4, -0.2) is 18.6 Å². The third kappa shape index (κ3) is 3.61. The summed E-state index contributed by atoms with van der Waals surface area (Å²) in [4.78, 5) is 0. The van der Waals surface area contributed by atoms with Crippen molar-refractivity contribution >= 4 is 0 Å². The van der Waals surface area contributed by atoms with E-state index in [-0.39, 0.29) is 11.6 Å². The molecule has 0 spiro atoms. The summed E-state index contributed by atoms with van der Waals surface area (Å²) >= 11 is 0. The Labute approximate surface area is 112 Å². The van der Waals surface area contributed by atoms with E-state index in [2.05, 4.69) is 0 Å². The Morgan fingerprint density at radius 3 is 1.47 bits per heavy atom. The molecule has 0 fully saturated rings. The molecule has 0 atom stereocenters. The highest BCUT2D eigenvalue weighted by molar-refractivity contribution is 5.18. The average Bonchev–Trinajstić information content (AvgIpc) is 2.35. The Morgan fingerprint density at radius 1 is 0.737 bits per heavy atom. The molecule has 100 valence electrons. The van der Waals surface area contributed by atoms with Gasteiger partial charge in [-0.1, -0.05) is 36.4 Å². The second-order valence-electron chi connectivity index (χ2n) is 5.43. The van der Waals surface area contributed by atoms with Gasteiger partial charge in [0.15, 0.2) is 0 Å². The molecule has 0 aliphatic rings. The van der Waals surface area contributed by atoms with Crippen molar-refractivity contribution in [3.63, 3.8) is 0 Å². The first-order valence-corrected chi connectivity index (χ1v) is 6.27. The normalized spacial score (nSPS) is 11.6. The Morgan fingerprint density at radius 2 is 1.11 bits per heavy atom. The van der Waals surface area contributed by atoms with Gasteiger partial charge in [-0.15, -0.1) is 0 Å². The van der Waals surface area contributed by atoms with Crippen molar-refractivity contribution in [2.24, 2.45) is 0 Å². The smallest absolute Gasteiger partial charge is 0.132 e. The monoisotopic (exact) mass is 262 g/mol. The maximum absolute atomic E-state index is 13.7. The highest BCUT2D eigenvalue weighted by Crippen LogP contribution is 2.18. The molecule has 2 rings (SSSR count). The lowest BCUT2D eigenvalue weighted by Gasteiger charge is -2.30. The van der Waals surface area contributed by atoms with E-state index in [0.29, 0.717) is 28.7 Å². The van der Waals surface area contributed by atoms with Crippen molar-refractivity contribution in [2.45, 2.75) is 13.1 Å². The number of hydrogen-bond acceptors (Lipinski definition) is 0. The van der Waals surface area contributed by atoms with Gasteiger partial charge in [0.25, 0.3) is 0 Å². The minimum atomic E-state index is -0.206. The van der Waals surface area contributed by atoms with Crippen LogP contribution in [0.3, 0.4) is 0 Å². The van der Waals surface area contributed by atoms with Gasteiger partial charge in [0.2, 0.25) is 0 Å². The second kappa shape index (κ2) is 5.49. The van der Waals surface area contributed by atoms with Crippen LogP contribution in [0.4, 0.5) is 8.78 Å². The molecule has 3 heteroatoms. The van der Waals surface area contributed by atoms with Crippen molar-refractivity contribution in [3.8, 4) is 0 Å². The molecule has 0 aliphatic heterocycles. The molecule has 0 aromatic heterocycles. The summed E-state index contributed by atoms with van der Waals surface area (Å²) in [5.41, 5.74) is 1.31. The zero-order chi connectivity index (χ0) is 13.9. The molecule has 0 saturated heterocycles. The van der Waals surface area contributed by atoms with E-state index in [1.807, 2.05) is 26.2 Å². The van der Waals surface area contributed by atoms with Crippen LogP contribution in [-0.2, 0) is 13.1 Å². The Bertz CT molecular complexity index is 515. The fraction of sp³-hybridized carbons (Fsp3) is 0.250. The molecule has 0 bridgehead atoms. The third-order valence-corrected chi connectivity index (χ3v) is 3.11. The van der Waals surface area contributed by atoms with Gasteiger partial charge in [-0.3, -0.25) is 0 Å². The summed E-state index contributed by atoms with van der Waals surface area (Å²) in [5, 5.41) is 0. The van der Waals surface area contributed by atoms with E-state index in [1.54, 1.807) is 24.3 Å². The molecule has 0 aliphatic carbocycles. The van der Waals surface area contributed by atoms with Crippen LogP contribution in [0.1, 0.15) is 11.1 Å². The predicted octanol–water partition coefficient (Wildman–Crippen LogP) is 3.74. The van der Waals surface area contributed by atoms with Crippen LogP contribution >= 0.6 is 0 Å². The third-order valence-electron chi connectivity index (χ3n) is 3.11. The van der Waals surface area contributed by atoms with Crippen molar-refractivity contribution in [1.29, 1.82) is 0 Å². The summed E-state index contributed by atoms with van der Waals surface area (Å²) in [6.07, 6.45) is 0. The van der Waals surface area contributed by atoms with Gasteiger partial charge >= 0.3 is 0 Å². The van der Waals surface area contributed by atoms with Crippen molar-refractivity contribution in [2.75, 3.05) is 14.1 Å². The zero-order valence-electron chi connectivity index (χ0n) is 11.2. The van der Waals surface area contributed by atoms with Gasteiger partial charge in [0, 0.05) is 11.1 Å². The van der Waals surface area contributed by atoms with Crippen LogP contribution in [0.25, 0.3) is 0 Å².